The number of hydrogen-bond acceptors (Lipinski definition) is 6. The van der Waals surface area contributed by atoms with E-state index in [2.05, 4.69) is 35.7 Å². The maximum Gasteiger partial charge on any atom is 0.165 e. The molecule has 0 bridgehead atoms. The average Bonchev–Trinajstić information content (AvgIpc) is 2.95. The molecule has 0 amide bonds. The van der Waals surface area contributed by atoms with E-state index in [1.807, 2.05) is 4.57 Å². The minimum atomic E-state index is -0.832. The van der Waals surface area contributed by atoms with Crippen LogP contribution in [0.3, 0.4) is 0 Å². The Morgan fingerprint density at radius 3 is 2.64 bits per heavy atom. The molecule has 1 fully saturated rings. The Bertz CT molecular complexity index is 678. The highest BCUT2D eigenvalue weighted by Crippen LogP contribution is 2.42. The van der Waals surface area contributed by atoms with Gasteiger partial charge in [-0.3, -0.25) is 0 Å². The SMILES string of the molecule is CC(C)(C)C[C@H]1C[C@@H](n2cnc3c(N)ncnc32)[C@H](O)[C@@H]1O. The number of nitrogens with zero attached hydrogens (tertiary/aromatic N) is 4. The van der Waals surface area contributed by atoms with Crippen molar-refractivity contribution in [2.75, 3.05) is 5.73 Å². The van der Waals surface area contributed by atoms with Crippen LogP contribution in [-0.4, -0.2) is 41.9 Å². The third-order valence-corrected chi connectivity index (χ3v) is 4.39. The molecule has 0 aliphatic heterocycles. The molecule has 7 heteroatoms. The van der Waals surface area contributed by atoms with E-state index >= 15 is 0 Å². The highest BCUT2D eigenvalue weighted by atomic mass is 16.3. The molecule has 22 heavy (non-hydrogen) atoms. The van der Waals surface area contributed by atoms with E-state index in [1.54, 1.807) is 6.33 Å². The molecule has 2 aromatic rings. The fourth-order valence-electron chi connectivity index (χ4n) is 3.48. The van der Waals surface area contributed by atoms with E-state index in [1.165, 1.54) is 6.33 Å². The van der Waals surface area contributed by atoms with Crippen molar-refractivity contribution in [3.05, 3.63) is 12.7 Å². The van der Waals surface area contributed by atoms with E-state index in [0.29, 0.717) is 23.4 Å². The van der Waals surface area contributed by atoms with Crippen LogP contribution in [-0.2, 0) is 0 Å². The lowest BCUT2D eigenvalue weighted by molar-refractivity contribution is -0.000119. The number of hydrogen-bond donors (Lipinski definition) is 3. The Hall–Kier alpha value is -1.73. The molecule has 4 atom stereocenters. The van der Waals surface area contributed by atoms with Crippen molar-refractivity contribution in [3.8, 4) is 0 Å². The number of nitrogen functional groups attached to an aromatic ring is 1. The number of aromatic nitrogens is 4. The highest BCUT2D eigenvalue weighted by Gasteiger charge is 2.44. The fourth-order valence-corrected chi connectivity index (χ4v) is 3.48. The number of nitrogens with two attached hydrogens (primary N) is 1. The van der Waals surface area contributed by atoms with Crippen molar-refractivity contribution in [2.45, 2.75) is 51.9 Å². The Morgan fingerprint density at radius 2 is 1.95 bits per heavy atom. The van der Waals surface area contributed by atoms with Gasteiger partial charge in [-0.1, -0.05) is 20.8 Å². The van der Waals surface area contributed by atoms with Crippen molar-refractivity contribution < 1.29 is 10.2 Å². The normalized spacial score (nSPS) is 29.3. The second-order valence-corrected chi connectivity index (χ2v) is 7.39. The largest absolute Gasteiger partial charge is 0.390 e. The predicted octanol–water partition coefficient (Wildman–Crippen LogP) is 1.13. The molecular formula is C15H23N5O2. The second-order valence-electron chi connectivity index (χ2n) is 7.39. The lowest BCUT2D eigenvalue weighted by Gasteiger charge is -2.25. The van der Waals surface area contributed by atoms with Gasteiger partial charge in [-0.25, -0.2) is 15.0 Å². The standard InChI is InChI=1S/C15H23N5O2/c1-15(2,3)5-8-4-9(12(22)11(8)21)20-7-19-10-13(16)17-6-18-14(10)20/h6-9,11-12,21-22H,4-5H2,1-3H3,(H2,16,17,18)/t8-,9-,11-,12+/m1/s1. The molecule has 0 radical (unpaired) electrons. The van der Waals surface area contributed by atoms with Crippen molar-refractivity contribution in [3.63, 3.8) is 0 Å². The first kappa shape index (κ1) is 15.2. The van der Waals surface area contributed by atoms with Crippen LogP contribution in [0.1, 0.15) is 39.7 Å². The summed E-state index contributed by atoms with van der Waals surface area (Å²) in [5.74, 6) is 0.375. The fraction of sp³-hybridized carbons (Fsp3) is 0.667. The van der Waals surface area contributed by atoms with E-state index in [9.17, 15) is 10.2 Å². The molecule has 1 saturated carbocycles. The average molecular weight is 305 g/mol. The zero-order valence-corrected chi connectivity index (χ0v) is 13.1. The summed E-state index contributed by atoms with van der Waals surface area (Å²) in [6.07, 6.45) is 2.98. The molecule has 0 saturated heterocycles. The van der Waals surface area contributed by atoms with Crippen LogP contribution in [0.5, 0.6) is 0 Å². The molecule has 1 aliphatic rings. The Kier molecular flexibility index (Phi) is 3.57. The summed E-state index contributed by atoms with van der Waals surface area (Å²) in [7, 11) is 0. The molecule has 0 aromatic carbocycles. The zero-order chi connectivity index (χ0) is 16.1. The summed E-state index contributed by atoms with van der Waals surface area (Å²) in [6, 6.07) is -0.248. The predicted molar refractivity (Wildman–Crippen MR) is 83.0 cm³/mol. The molecule has 0 unspecified atom stereocenters. The van der Waals surface area contributed by atoms with Crippen molar-refractivity contribution in [2.24, 2.45) is 11.3 Å². The lowest BCUT2D eigenvalue weighted by Crippen LogP contribution is -2.30. The number of aliphatic hydroxyl groups is 2. The molecule has 0 spiro atoms. The van der Waals surface area contributed by atoms with Gasteiger partial charge in [-0.15, -0.1) is 0 Å². The molecule has 2 heterocycles. The molecule has 3 rings (SSSR count). The Morgan fingerprint density at radius 1 is 1.23 bits per heavy atom. The van der Waals surface area contributed by atoms with E-state index in [-0.39, 0.29) is 17.4 Å². The molecular weight excluding hydrogens is 282 g/mol. The monoisotopic (exact) mass is 305 g/mol. The molecule has 7 nitrogen and oxygen atoms in total. The Labute approximate surface area is 129 Å². The van der Waals surface area contributed by atoms with Crippen molar-refractivity contribution in [1.29, 1.82) is 0 Å². The van der Waals surface area contributed by atoms with Crippen LogP contribution in [0.4, 0.5) is 5.82 Å². The van der Waals surface area contributed by atoms with Gasteiger partial charge in [0.1, 0.15) is 17.9 Å². The van der Waals surface area contributed by atoms with Gasteiger partial charge in [-0.05, 0) is 24.2 Å². The Balaban J connectivity index is 1.93. The van der Waals surface area contributed by atoms with Crippen molar-refractivity contribution in [1.82, 2.24) is 19.5 Å². The summed E-state index contributed by atoms with van der Waals surface area (Å²) < 4.78 is 1.81. The van der Waals surface area contributed by atoms with Gasteiger partial charge < -0.3 is 20.5 Å². The van der Waals surface area contributed by atoms with Crippen LogP contribution >= 0.6 is 0 Å². The minimum Gasteiger partial charge on any atom is -0.390 e. The first-order valence-electron chi connectivity index (χ1n) is 7.57. The maximum absolute atomic E-state index is 10.5. The second kappa shape index (κ2) is 5.17. The lowest BCUT2D eigenvalue weighted by atomic mass is 9.83. The summed E-state index contributed by atoms with van der Waals surface area (Å²) in [6.45, 7) is 6.42. The zero-order valence-electron chi connectivity index (χ0n) is 13.1. The molecule has 120 valence electrons. The number of fused-ring (bicyclic) bond motifs is 1. The van der Waals surface area contributed by atoms with Crippen LogP contribution in [0.15, 0.2) is 12.7 Å². The van der Waals surface area contributed by atoms with Gasteiger partial charge in [0.2, 0.25) is 0 Å². The topological polar surface area (TPSA) is 110 Å². The molecule has 2 aromatic heterocycles. The summed E-state index contributed by atoms with van der Waals surface area (Å²) >= 11 is 0. The smallest absolute Gasteiger partial charge is 0.165 e. The highest BCUT2D eigenvalue weighted by molar-refractivity contribution is 5.81. The van der Waals surface area contributed by atoms with Crippen LogP contribution in [0, 0.1) is 11.3 Å². The first-order chi connectivity index (χ1) is 10.3. The van der Waals surface area contributed by atoms with Gasteiger partial charge in [0.25, 0.3) is 0 Å². The van der Waals surface area contributed by atoms with E-state index in [0.717, 1.165) is 6.42 Å². The summed E-state index contributed by atoms with van der Waals surface area (Å²) in [5, 5.41) is 20.8. The number of imidazole rings is 1. The van der Waals surface area contributed by atoms with Gasteiger partial charge in [0.05, 0.1) is 18.5 Å². The summed E-state index contributed by atoms with van der Waals surface area (Å²) in [5.41, 5.74) is 7.03. The van der Waals surface area contributed by atoms with Gasteiger partial charge in [-0.2, -0.15) is 0 Å². The van der Waals surface area contributed by atoms with Gasteiger partial charge >= 0.3 is 0 Å². The minimum absolute atomic E-state index is 0.0524. The third-order valence-electron chi connectivity index (χ3n) is 4.39. The van der Waals surface area contributed by atoms with Crippen LogP contribution in [0.2, 0.25) is 0 Å². The quantitative estimate of drug-likeness (QED) is 0.767. The molecule has 4 N–H and O–H groups in total. The van der Waals surface area contributed by atoms with Crippen LogP contribution < -0.4 is 5.73 Å². The van der Waals surface area contributed by atoms with E-state index in [4.69, 9.17) is 5.73 Å². The number of anilines is 1. The maximum atomic E-state index is 10.5. The third kappa shape index (κ3) is 2.55. The van der Waals surface area contributed by atoms with Gasteiger partial charge in [0.15, 0.2) is 11.5 Å². The van der Waals surface area contributed by atoms with Crippen LogP contribution in [0.25, 0.3) is 11.2 Å². The van der Waals surface area contributed by atoms with Crippen molar-refractivity contribution >= 4 is 17.0 Å². The van der Waals surface area contributed by atoms with Gasteiger partial charge in [0, 0.05) is 0 Å². The summed E-state index contributed by atoms with van der Waals surface area (Å²) in [4.78, 5) is 12.4. The number of rotatable bonds is 2. The number of aliphatic hydroxyl groups excluding tert-OH is 2. The molecule has 1 aliphatic carbocycles. The van der Waals surface area contributed by atoms with E-state index < -0.39 is 12.2 Å². The first-order valence-corrected chi connectivity index (χ1v) is 7.57.